The zero-order chi connectivity index (χ0) is 14.9. The average molecular weight is 298 g/mol. The maximum atomic E-state index is 12.7. The number of nitrogens with zero attached hydrogens (tertiary/aromatic N) is 1. The number of nitrogens with one attached hydrogen (secondary N) is 1. The van der Waals surface area contributed by atoms with Crippen molar-refractivity contribution in [3.63, 3.8) is 0 Å². The second kappa shape index (κ2) is 3.91. The minimum atomic E-state index is -4.40. The van der Waals surface area contributed by atoms with Crippen LogP contribution in [-0.4, -0.2) is 17.7 Å². The molecule has 5 rings (SSSR count). The Hall–Kier alpha value is -1.30. The maximum absolute atomic E-state index is 12.7. The summed E-state index contributed by atoms with van der Waals surface area (Å²) in [5.74, 6) is 0.734. The Morgan fingerprint density at radius 2 is 1.90 bits per heavy atom. The first-order chi connectivity index (χ1) is 9.82. The molecular weight excluding hydrogens is 281 g/mol. The predicted octanol–water partition coefficient (Wildman–Crippen LogP) is 2.26. The van der Waals surface area contributed by atoms with E-state index < -0.39 is 11.7 Å². The summed E-state index contributed by atoms with van der Waals surface area (Å²) in [5.41, 5.74) is -0.584. The molecule has 21 heavy (non-hydrogen) atoms. The normalized spacial score (nSPS) is 34.8. The van der Waals surface area contributed by atoms with E-state index in [1.54, 1.807) is 0 Å². The van der Waals surface area contributed by atoms with Crippen molar-refractivity contribution >= 4 is 0 Å². The third-order valence-electron chi connectivity index (χ3n) is 5.65. The van der Waals surface area contributed by atoms with E-state index in [2.05, 4.69) is 5.32 Å². The summed E-state index contributed by atoms with van der Waals surface area (Å²) in [6.45, 7) is 2.57. The van der Waals surface area contributed by atoms with Crippen LogP contribution in [0.15, 0.2) is 23.1 Å². The van der Waals surface area contributed by atoms with Crippen molar-refractivity contribution in [1.29, 1.82) is 0 Å². The number of pyridine rings is 1. The minimum Gasteiger partial charge on any atom is -0.316 e. The highest BCUT2D eigenvalue weighted by molar-refractivity contribution is 5.21. The standard InChI is InChI=1S/C15H17F3N2O/c16-15(17,18)10-1-2-12(21)20(5-10)9-13-6-14(7-13,8-13)11-3-19-4-11/h1-2,5,11,19H,3-4,6-9H2. The number of hydrogen-bond acceptors (Lipinski definition) is 2. The highest BCUT2D eigenvalue weighted by Gasteiger charge is 2.70. The van der Waals surface area contributed by atoms with Crippen LogP contribution in [-0.2, 0) is 12.7 Å². The molecule has 0 unspecified atom stereocenters. The number of hydrogen-bond donors (Lipinski definition) is 1. The van der Waals surface area contributed by atoms with E-state index in [1.165, 1.54) is 4.57 Å². The summed E-state index contributed by atoms with van der Waals surface area (Å²) in [7, 11) is 0. The van der Waals surface area contributed by atoms with Crippen LogP contribution in [0, 0.1) is 16.7 Å². The van der Waals surface area contributed by atoms with E-state index in [0.29, 0.717) is 12.0 Å². The fourth-order valence-corrected chi connectivity index (χ4v) is 4.59. The fraction of sp³-hybridized carbons (Fsp3) is 0.667. The van der Waals surface area contributed by atoms with Crippen molar-refractivity contribution in [1.82, 2.24) is 9.88 Å². The first-order valence-electron chi connectivity index (χ1n) is 7.31. The van der Waals surface area contributed by atoms with Crippen LogP contribution in [0.25, 0.3) is 0 Å². The highest BCUT2D eigenvalue weighted by Crippen LogP contribution is 2.77. The van der Waals surface area contributed by atoms with Gasteiger partial charge in [0.1, 0.15) is 0 Å². The monoisotopic (exact) mass is 298 g/mol. The lowest BCUT2D eigenvalue weighted by Crippen LogP contribution is -2.71. The fourth-order valence-electron chi connectivity index (χ4n) is 4.59. The summed E-state index contributed by atoms with van der Waals surface area (Å²) < 4.78 is 39.5. The van der Waals surface area contributed by atoms with Gasteiger partial charge in [0.2, 0.25) is 0 Å². The second-order valence-electron chi connectivity index (χ2n) is 7.13. The second-order valence-corrected chi connectivity index (χ2v) is 7.13. The Bertz CT molecular complexity index is 625. The van der Waals surface area contributed by atoms with Gasteiger partial charge in [-0.05, 0) is 55.2 Å². The molecule has 6 heteroatoms. The zero-order valence-corrected chi connectivity index (χ0v) is 11.5. The third-order valence-corrected chi connectivity index (χ3v) is 5.65. The van der Waals surface area contributed by atoms with Gasteiger partial charge in [-0.3, -0.25) is 4.79 Å². The van der Waals surface area contributed by atoms with Gasteiger partial charge in [0.05, 0.1) is 5.56 Å². The van der Waals surface area contributed by atoms with Crippen molar-refractivity contribution in [2.45, 2.75) is 32.0 Å². The molecular formula is C15H17F3N2O. The number of halogens is 3. The van der Waals surface area contributed by atoms with Crippen molar-refractivity contribution in [3.8, 4) is 0 Å². The first kappa shape index (κ1) is 13.4. The Kier molecular flexibility index (Phi) is 2.49. The molecule has 0 atom stereocenters. The molecule has 2 heterocycles. The molecule has 0 spiro atoms. The van der Waals surface area contributed by atoms with E-state index in [-0.39, 0.29) is 11.0 Å². The van der Waals surface area contributed by atoms with E-state index >= 15 is 0 Å². The molecule has 1 N–H and O–H groups in total. The smallest absolute Gasteiger partial charge is 0.316 e. The summed E-state index contributed by atoms with van der Waals surface area (Å²) in [6.07, 6.45) is -0.229. The Labute approximate surface area is 120 Å². The van der Waals surface area contributed by atoms with Crippen LogP contribution in [0.2, 0.25) is 0 Å². The molecule has 1 aliphatic heterocycles. The van der Waals surface area contributed by atoms with E-state index in [4.69, 9.17) is 0 Å². The van der Waals surface area contributed by atoms with Crippen molar-refractivity contribution in [2.75, 3.05) is 13.1 Å². The lowest BCUT2D eigenvalue weighted by Gasteiger charge is -2.75. The Balaban J connectivity index is 1.50. The van der Waals surface area contributed by atoms with Gasteiger partial charge in [-0.25, -0.2) is 0 Å². The predicted molar refractivity (Wildman–Crippen MR) is 70.8 cm³/mol. The van der Waals surface area contributed by atoms with Gasteiger partial charge in [-0.1, -0.05) is 0 Å². The highest BCUT2D eigenvalue weighted by atomic mass is 19.4. The molecule has 3 aliphatic carbocycles. The molecule has 0 amide bonds. The molecule has 3 nitrogen and oxygen atoms in total. The minimum absolute atomic E-state index is 0.0731. The number of aromatic nitrogens is 1. The van der Waals surface area contributed by atoms with Crippen molar-refractivity contribution in [3.05, 3.63) is 34.2 Å². The van der Waals surface area contributed by atoms with E-state index in [9.17, 15) is 18.0 Å². The number of rotatable bonds is 3. The van der Waals surface area contributed by atoms with Gasteiger partial charge in [0, 0.05) is 18.8 Å². The molecule has 4 aliphatic rings. The molecule has 3 saturated carbocycles. The molecule has 1 saturated heterocycles. The summed E-state index contributed by atoms with van der Waals surface area (Å²) in [4.78, 5) is 11.8. The number of alkyl halides is 3. The van der Waals surface area contributed by atoms with Crippen LogP contribution in [0.4, 0.5) is 13.2 Å². The third kappa shape index (κ3) is 1.88. The SMILES string of the molecule is O=c1ccc(C(F)(F)F)cn1CC12CC(C3CNC3)(C1)C2. The van der Waals surface area contributed by atoms with Crippen LogP contribution in [0.5, 0.6) is 0 Å². The van der Waals surface area contributed by atoms with Gasteiger partial charge in [0.15, 0.2) is 0 Å². The van der Waals surface area contributed by atoms with Crippen LogP contribution in [0.3, 0.4) is 0 Å². The van der Waals surface area contributed by atoms with Crippen LogP contribution in [0.1, 0.15) is 24.8 Å². The first-order valence-corrected chi connectivity index (χ1v) is 7.31. The molecule has 114 valence electrons. The zero-order valence-electron chi connectivity index (χ0n) is 11.5. The maximum Gasteiger partial charge on any atom is 0.417 e. The Morgan fingerprint density at radius 3 is 2.43 bits per heavy atom. The van der Waals surface area contributed by atoms with E-state index in [0.717, 1.165) is 56.6 Å². The lowest BCUT2D eigenvalue weighted by atomic mass is 9.31. The summed E-state index contributed by atoms with van der Waals surface area (Å²) in [6, 6.07) is 1.89. The molecule has 0 aromatic carbocycles. The van der Waals surface area contributed by atoms with Gasteiger partial charge in [0.25, 0.3) is 5.56 Å². The van der Waals surface area contributed by atoms with Gasteiger partial charge in [-0.2, -0.15) is 13.2 Å². The summed E-state index contributed by atoms with van der Waals surface area (Å²) in [5, 5.41) is 3.28. The molecule has 4 fully saturated rings. The van der Waals surface area contributed by atoms with Crippen molar-refractivity contribution < 1.29 is 13.2 Å². The van der Waals surface area contributed by atoms with Crippen LogP contribution < -0.4 is 10.9 Å². The molecule has 1 aromatic heterocycles. The quantitative estimate of drug-likeness (QED) is 0.929. The van der Waals surface area contributed by atoms with Gasteiger partial charge >= 0.3 is 6.18 Å². The van der Waals surface area contributed by atoms with Gasteiger partial charge < -0.3 is 9.88 Å². The van der Waals surface area contributed by atoms with Gasteiger partial charge in [-0.15, -0.1) is 0 Å². The Morgan fingerprint density at radius 1 is 1.24 bits per heavy atom. The van der Waals surface area contributed by atoms with Crippen LogP contribution >= 0.6 is 0 Å². The topological polar surface area (TPSA) is 34.0 Å². The lowest BCUT2D eigenvalue weighted by molar-refractivity contribution is -0.250. The molecule has 1 aromatic rings. The summed E-state index contributed by atoms with van der Waals surface area (Å²) >= 11 is 0. The van der Waals surface area contributed by atoms with E-state index in [1.807, 2.05) is 0 Å². The average Bonchev–Trinajstić information content (AvgIpc) is 2.23. The largest absolute Gasteiger partial charge is 0.417 e. The van der Waals surface area contributed by atoms with Crippen molar-refractivity contribution in [2.24, 2.45) is 16.7 Å². The molecule has 2 bridgehead atoms. The molecule has 0 radical (unpaired) electrons.